The van der Waals surface area contributed by atoms with Crippen LogP contribution in [0.4, 0.5) is 0 Å². The molecule has 1 aromatic rings. The second-order valence-corrected chi connectivity index (χ2v) is 2.44. The summed E-state index contributed by atoms with van der Waals surface area (Å²) in [5.41, 5.74) is 1.77. The normalized spacial score (nSPS) is 9.50. The van der Waals surface area contributed by atoms with Gasteiger partial charge in [0.15, 0.2) is 0 Å². The summed E-state index contributed by atoms with van der Waals surface area (Å²) in [6, 6.07) is 5.50. The minimum Gasteiger partial charge on any atom is -0.496 e. The van der Waals surface area contributed by atoms with Crippen molar-refractivity contribution < 1.29 is 9.84 Å². The standard InChI is InChI=1S/C10H12O2/c1-3-9-6-8(7-11)4-5-10(9)12-2/h3-6,11H,1,7H2,2H3. The van der Waals surface area contributed by atoms with Crippen LogP contribution in [0.1, 0.15) is 11.1 Å². The molecule has 0 saturated carbocycles. The average Bonchev–Trinajstić information content (AvgIpc) is 2.16. The van der Waals surface area contributed by atoms with Gasteiger partial charge in [0, 0.05) is 5.56 Å². The monoisotopic (exact) mass is 164 g/mol. The first-order valence-corrected chi connectivity index (χ1v) is 3.72. The van der Waals surface area contributed by atoms with Crippen molar-refractivity contribution in [3.05, 3.63) is 35.9 Å². The SMILES string of the molecule is C=Cc1cc(CO)ccc1OC. The van der Waals surface area contributed by atoms with Crippen molar-refractivity contribution in [2.24, 2.45) is 0 Å². The average molecular weight is 164 g/mol. The largest absolute Gasteiger partial charge is 0.496 e. The van der Waals surface area contributed by atoms with Gasteiger partial charge in [-0.25, -0.2) is 0 Å². The summed E-state index contributed by atoms with van der Waals surface area (Å²) in [5.74, 6) is 0.780. The van der Waals surface area contributed by atoms with Crippen LogP contribution in [0.15, 0.2) is 24.8 Å². The lowest BCUT2D eigenvalue weighted by Crippen LogP contribution is -1.89. The number of benzene rings is 1. The summed E-state index contributed by atoms with van der Waals surface area (Å²) in [6.07, 6.45) is 1.71. The number of hydrogen-bond acceptors (Lipinski definition) is 2. The van der Waals surface area contributed by atoms with E-state index in [0.29, 0.717) is 0 Å². The predicted molar refractivity (Wildman–Crippen MR) is 49.0 cm³/mol. The fraction of sp³-hybridized carbons (Fsp3) is 0.200. The van der Waals surface area contributed by atoms with E-state index >= 15 is 0 Å². The van der Waals surface area contributed by atoms with Gasteiger partial charge in [-0.3, -0.25) is 0 Å². The van der Waals surface area contributed by atoms with Gasteiger partial charge in [0.2, 0.25) is 0 Å². The van der Waals surface area contributed by atoms with Crippen LogP contribution < -0.4 is 4.74 Å². The highest BCUT2D eigenvalue weighted by Crippen LogP contribution is 2.20. The first kappa shape index (κ1) is 8.81. The Bertz CT molecular complexity index is 279. The van der Waals surface area contributed by atoms with Crippen molar-refractivity contribution in [1.29, 1.82) is 0 Å². The van der Waals surface area contributed by atoms with Gasteiger partial charge in [0.25, 0.3) is 0 Å². The molecule has 0 aliphatic rings. The molecule has 0 atom stereocenters. The molecular weight excluding hydrogens is 152 g/mol. The first-order chi connectivity index (χ1) is 5.81. The van der Waals surface area contributed by atoms with Crippen LogP contribution in [-0.2, 0) is 6.61 Å². The van der Waals surface area contributed by atoms with E-state index in [1.54, 1.807) is 13.2 Å². The highest BCUT2D eigenvalue weighted by molar-refractivity contribution is 5.56. The zero-order chi connectivity index (χ0) is 8.97. The molecule has 12 heavy (non-hydrogen) atoms. The van der Waals surface area contributed by atoms with Crippen molar-refractivity contribution >= 4 is 6.08 Å². The predicted octanol–water partition coefficient (Wildman–Crippen LogP) is 1.83. The summed E-state index contributed by atoms with van der Waals surface area (Å²) in [7, 11) is 1.61. The maximum absolute atomic E-state index is 8.85. The van der Waals surface area contributed by atoms with Gasteiger partial charge in [-0.2, -0.15) is 0 Å². The Balaban J connectivity index is 3.10. The van der Waals surface area contributed by atoms with Crippen molar-refractivity contribution in [3.8, 4) is 5.75 Å². The van der Waals surface area contributed by atoms with E-state index in [2.05, 4.69) is 6.58 Å². The summed E-state index contributed by atoms with van der Waals surface area (Å²) in [4.78, 5) is 0. The Morgan fingerprint density at radius 3 is 2.83 bits per heavy atom. The molecule has 2 nitrogen and oxygen atoms in total. The molecule has 64 valence electrons. The topological polar surface area (TPSA) is 29.5 Å². The van der Waals surface area contributed by atoms with E-state index in [4.69, 9.17) is 9.84 Å². The number of aliphatic hydroxyl groups is 1. The van der Waals surface area contributed by atoms with Crippen molar-refractivity contribution in [2.75, 3.05) is 7.11 Å². The molecule has 0 bridgehead atoms. The van der Waals surface area contributed by atoms with Crippen LogP contribution in [0.3, 0.4) is 0 Å². The molecule has 0 aromatic heterocycles. The van der Waals surface area contributed by atoms with Gasteiger partial charge in [-0.15, -0.1) is 0 Å². The number of aliphatic hydroxyl groups excluding tert-OH is 1. The molecule has 0 saturated heterocycles. The smallest absolute Gasteiger partial charge is 0.126 e. The Labute approximate surface area is 72.1 Å². The molecule has 1 rings (SSSR count). The maximum atomic E-state index is 8.85. The molecule has 0 aliphatic carbocycles. The van der Waals surface area contributed by atoms with Gasteiger partial charge in [-0.1, -0.05) is 18.7 Å². The molecule has 0 spiro atoms. The zero-order valence-electron chi connectivity index (χ0n) is 7.08. The van der Waals surface area contributed by atoms with Crippen molar-refractivity contribution in [1.82, 2.24) is 0 Å². The Hall–Kier alpha value is -1.28. The van der Waals surface area contributed by atoms with E-state index < -0.39 is 0 Å². The molecule has 0 radical (unpaired) electrons. The molecule has 0 aliphatic heterocycles. The lowest BCUT2D eigenvalue weighted by molar-refractivity contribution is 0.281. The zero-order valence-corrected chi connectivity index (χ0v) is 7.08. The van der Waals surface area contributed by atoms with Gasteiger partial charge >= 0.3 is 0 Å². The molecule has 1 aromatic carbocycles. The maximum Gasteiger partial charge on any atom is 0.126 e. The van der Waals surface area contributed by atoms with Crippen molar-refractivity contribution in [3.63, 3.8) is 0 Å². The fourth-order valence-corrected chi connectivity index (χ4v) is 1.04. The Kier molecular flexibility index (Phi) is 2.88. The van der Waals surface area contributed by atoms with E-state index in [9.17, 15) is 0 Å². The van der Waals surface area contributed by atoms with E-state index in [1.807, 2.05) is 18.2 Å². The van der Waals surface area contributed by atoms with E-state index in [0.717, 1.165) is 16.9 Å². The molecular formula is C10H12O2. The molecule has 0 fully saturated rings. The highest BCUT2D eigenvalue weighted by Gasteiger charge is 1.99. The van der Waals surface area contributed by atoms with Gasteiger partial charge < -0.3 is 9.84 Å². The third-order valence-corrected chi connectivity index (χ3v) is 1.70. The summed E-state index contributed by atoms with van der Waals surface area (Å²) in [5, 5.41) is 8.85. The second kappa shape index (κ2) is 3.93. The Morgan fingerprint density at radius 2 is 2.33 bits per heavy atom. The summed E-state index contributed by atoms with van der Waals surface area (Å²) < 4.78 is 5.08. The van der Waals surface area contributed by atoms with Crippen LogP contribution in [0.2, 0.25) is 0 Å². The number of methoxy groups -OCH3 is 1. The van der Waals surface area contributed by atoms with E-state index in [1.165, 1.54) is 0 Å². The van der Waals surface area contributed by atoms with Crippen molar-refractivity contribution in [2.45, 2.75) is 6.61 Å². The minimum atomic E-state index is 0.0465. The highest BCUT2D eigenvalue weighted by atomic mass is 16.5. The quantitative estimate of drug-likeness (QED) is 0.738. The number of ether oxygens (including phenoxy) is 1. The summed E-state index contributed by atoms with van der Waals surface area (Å²) in [6.45, 7) is 3.70. The molecule has 1 N–H and O–H groups in total. The van der Waals surface area contributed by atoms with E-state index in [-0.39, 0.29) is 6.61 Å². The lowest BCUT2D eigenvalue weighted by Gasteiger charge is -2.05. The lowest BCUT2D eigenvalue weighted by atomic mass is 10.1. The van der Waals surface area contributed by atoms with Crippen LogP contribution in [0.5, 0.6) is 5.75 Å². The second-order valence-electron chi connectivity index (χ2n) is 2.44. The third kappa shape index (κ3) is 1.66. The fourth-order valence-electron chi connectivity index (χ4n) is 1.04. The van der Waals surface area contributed by atoms with Crippen LogP contribution in [0, 0.1) is 0 Å². The first-order valence-electron chi connectivity index (χ1n) is 3.72. The number of rotatable bonds is 3. The minimum absolute atomic E-state index is 0.0465. The van der Waals surface area contributed by atoms with Gasteiger partial charge in [0.05, 0.1) is 13.7 Å². The number of hydrogen-bond donors (Lipinski definition) is 1. The van der Waals surface area contributed by atoms with Gasteiger partial charge in [-0.05, 0) is 17.7 Å². The van der Waals surface area contributed by atoms with Crippen LogP contribution in [-0.4, -0.2) is 12.2 Å². The molecule has 0 heterocycles. The molecule has 2 heteroatoms. The van der Waals surface area contributed by atoms with Crippen LogP contribution in [0.25, 0.3) is 6.08 Å². The summed E-state index contributed by atoms with van der Waals surface area (Å²) >= 11 is 0. The van der Waals surface area contributed by atoms with Gasteiger partial charge in [0.1, 0.15) is 5.75 Å². The Morgan fingerprint density at radius 1 is 1.58 bits per heavy atom. The van der Waals surface area contributed by atoms with Crippen LogP contribution >= 0.6 is 0 Å². The molecule has 0 unspecified atom stereocenters. The third-order valence-electron chi connectivity index (χ3n) is 1.70. The molecule has 0 amide bonds.